The third-order valence-electron chi connectivity index (χ3n) is 3.81. The van der Waals surface area contributed by atoms with E-state index in [1.54, 1.807) is 7.11 Å². The number of ether oxygens (including phenoxy) is 1. The molecule has 1 amide bonds. The quantitative estimate of drug-likeness (QED) is 0.825. The molecule has 0 unspecified atom stereocenters. The molecule has 2 rings (SSSR count). The molecule has 0 atom stereocenters. The standard InChI is InChI=1S/C16H19FN2O2/c1-21-16(7-3-8-16)11-19-15(20)13-10-12(4-2-9-18)5-6-14(13)17/h5-6,10H,3,7-9,11,18H2,1H3,(H,19,20). The van der Waals surface area contributed by atoms with Gasteiger partial charge in [0.05, 0.1) is 17.7 Å². The fourth-order valence-electron chi connectivity index (χ4n) is 2.29. The third kappa shape index (κ3) is 3.60. The van der Waals surface area contributed by atoms with Gasteiger partial charge in [0.1, 0.15) is 5.82 Å². The van der Waals surface area contributed by atoms with E-state index >= 15 is 0 Å². The van der Waals surface area contributed by atoms with Crippen LogP contribution in [0, 0.1) is 17.7 Å². The molecule has 3 N–H and O–H groups in total. The van der Waals surface area contributed by atoms with Crippen LogP contribution in [0.3, 0.4) is 0 Å². The predicted octanol–water partition coefficient (Wildman–Crippen LogP) is 1.43. The number of benzene rings is 1. The van der Waals surface area contributed by atoms with Crippen molar-refractivity contribution in [3.63, 3.8) is 0 Å². The number of amides is 1. The Morgan fingerprint density at radius 2 is 2.29 bits per heavy atom. The monoisotopic (exact) mass is 290 g/mol. The van der Waals surface area contributed by atoms with Gasteiger partial charge in [-0.25, -0.2) is 4.39 Å². The van der Waals surface area contributed by atoms with Gasteiger partial charge < -0.3 is 15.8 Å². The van der Waals surface area contributed by atoms with Crippen molar-refractivity contribution in [1.82, 2.24) is 5.32 Å². The minimum Gasteiger partial charge on any atom is -0.376 e. The highest BCUT2D eigenvalue weighted by atomic mass is 19.1. The molecule has 112 valence electrons. The largest absolute Gasteiger partial charge is 0.376 e. The fraction of sp³-hybridized carbons (Fsp3) is 0.438. The minimum atomic E-state index is -0.564. The highest BCUT2D eigenvalue weighted by Crippen LogP contribution is 2.34. The van der Waals surface area contributed by atoms with Crippen LogP contribution in [0.1, 0.15) is 35.2 Å². The molecule has 1 saturated carbocycles. The van der Waals surface area contributed by atoms with Gasteiger partial charge in [-0.15, -0.1) is 0 Å². The summed E-state index contributed by atoms with van der Waals surface area (Å²) >= 11 is 0. The number of nitrogens with one attached hydrogen (secondary N) is 1. The second kappa shape index (κ2) is 6.70. The van der Waals surface area contributed by atoms with Gasteiger partial charge in [-0.3, -0.25) is 4.79 Å². The summed E-state index contributed by atoms with van der Waals surface area (Å²) < 4.78 is 19.2. The maximum absolute atomic E-state index is 13.8. The lowest BCUT2D eigenvalue weighted by molar-refractivity contribution is -0.0679. The second-order valence-electron chi connectivity index (χ2n) is 5.12. The van der Waals surface area contributed by atoms with Crippen molar-refractivity contribution in [2.24, 2.45) is 5.73 Å². The molecule has 0 bridgehead atoms. The van der Waals surface area contributed by atoms with Gasteiger partial charge in [-0.1, -0.05) is 11.8 Å². The summed E-state index contributed by atoms with van der Waals surface area (Å²) in [4.78, 5) is 12.1. The predicted molar refractivity (Wildman–Crippen MR) is 78.3 cm³/mol. The van der Waals surface area contributed by atoms with Crippen LogP contribution >= 0.6 is 0 Å². The summed E-state index contributed by atoms with van der Waals surface area (Å²) in [5.74, 6) is 4.45. The van der Waals surface area contributed by atoms with E-state index in [0.29, 0.717) is 12.1 Å². The summed E-state index contributed by atoms with van der Waals surface area (Å²) in [6, 6.07) is 4.20. The molecule has 0 spiro atoms. The van der Waals surface area contributed by atoms with Gasteiger partial charge in [-0.05, 0) is 37.5 Å². The lowest BCUT2D eigenvalue weighted by Crippen LogP contribution is -2.49. The molecule has 21 heavy (non-hydrogen) atoms. The molecule has 0 aromatic heterocycles. The molecule has 5 heteroatoms. The number of nitrogens with two attached hydrogens (primary N) is 1. The van der Waals surface area contributed by atoms with Crippen molar-refractivity contribution in [1.29, 1.82) is 0 Å². The van der Waals surface area contributed by atoms with Crippen molar-refractivity contribution in [3.05, 3.63) is 35.1 Å². The first kappa shape index (κ1) is 15.5. The van der Waals surface area contributed by atoms with Crippen molar-refractivity contribution in [3.8, 4) is 11.8 Å². The zero-order chi connectivity index (χ0) is 15.3. The topological polar surface area (TPSA) is 64.3 Å². The maximum Gasteiger partial charge on any atom is 0.254 e. The molecule has 1 aliphatic carbocycles. The molecule has 1 fully saturated rings. The van der Waals surface area contributed by atoms with E-state index in [2.05, 4.69) is 17.2 Å². The van der Waals surface area contributed by atoms with Crippen LogP contribution in [0.25, 0.3) is 0 Å². The fourth-order valence-corrected chi connectivity index (χ4v) is 2.29. The van der Waals surface area contributed by atoms with Gasteiger partial charge in [0.15, 0.2) is 0 Å². The Balaban J connectivity index is 2.07. The number of halogens is 1. The van der Waals surface area contributed by atoms with E-state index in [1.807, 2.05) is 0 Å². The second-order valence-corrected chi connectivity index (χ2v) is 5.12. The Labute approximate surface area is 123 Å². The average molecular weight is 290 g/mol. The summed E-state index contributed by atoms with van der Waals surface area (Å²) in [5.41, 5.74) is 5.56. The zero-order valence-electron chi connectivity index (χ0n) is 12.0. The number of carbonyl (C=O) groups excluding carboxylic acids is 1. The molecule has 0 heterocycles. The molecule has 1 aromatic carbocycles. The van der Waals surface area contributed by atoms with Gasteiger partial charge in [0, 0.05) is 19.2 Å². The first-order chi connectivity index (χ1) is 10.1. The molecule has 1 aliphatic rings. The third-order valence-corrected chi connectivity index (χ3v) is 3.81. The van der Waals surface area contributed by atoms with Crippen molar-refractivity contribution in [2.45, 2.75) is 24.9 Å². The highest BCUT2D eigenvalue weighted by molar-refractivity contribution is 5.94. The first-order valence-corrected chi connectivity index (χ1v) is 6.92. The lowest BCUT2D eigenvalue weighted by atomic mass is 9.80. The number of rotatable bonds is 4. The van der Waals surface area contributed by atoms with E-state index in [-0.39, 0.29) is 17.7 Å². The summed E-state index contributed by atoms with van der Waals surface area (Å²) in [6.45, 7) is 0.607. The molecular formula is C16H19FN2O2. The molecule has 0 saturated heterocycles. The number of hydrogen-bond donors (Lipinski definition) is 2. The SMILES string of the molecule is COC1(CNC(=O)c2cc(C#CCN)ccc2F)CCC1. The Bertz CT molecular complexity index is 580. The Morgan fingerprint density at radius 1 is 1.52 bits per heavy atom. The van der Waals surface area contributed by atoms with Gasteiger partial charge in [-0.2, -0.15) is 0 Å². The van der Waals surface area contributed by atoms with E-state index in [4.69, 9.17) is 10.5 Å². The van der Waals surface area contributed by atoms with Crippen LogP contribution in [0.15, 0.2) is 18.2 Å². The van der Waals surface area contributed by atoms with Crippen LogP contribution in [0.4, 0.5) is 4.39 Å². The lowest BCUT2D eigenvalue weighted by Gasteiger charge is -2.40. The highest BCUT2D eigenvalue weighted by Gasteiger charge is 2.37. The molecule has 1 aromatic rings. The van der Waals surface area contributed by atoms with E-state index in [9.17, 15) is 9.18 Å². The van der Waals surface area contributed by atoms with E-state index in [0.717, 1.165) is 19.3 Å². The van der Waals surface area contributed by atoms with Crippen LogP contribution in [0.5, 0.6) is 0 Å². The maximum atomic E-state index is 13.8. The Kier molecular flexibility index (Phi) is 4.94. The summed E-state index contributed by atoms with van der Waals surface area (Å²) in [5, 5.41) is 2.74. The van der Waals surface area contributed by atoms with Gasteiger partial charge in [0.2, 0.25) is 0 Å². The smallest absolute Gasteiger partial charge is 0.254 e. The summed E-state index contributed by atoms with van der Waals surface area (Å²) in [6.07, 6.45) is 2.91. The molecule has 0 radical (unpaired) electrons. The number of methoxy groups -OCH3 is 1. The average Bonchev–Trinajstić information content (AvgIpc) is 2.45. The zero-order valence-corrected chi connectivity index (χ0v) is 12.0. The number of carbonyl (C=O) groups is 1. The van der Waals surface area contributed by atoms with Crippen molar-refractivity contribution < 1.29 is 13.9 Å². The van der Waals surface area contributed by atoms with Crippen LogP contribution in [-0.4, -0.2) is 31.7 Å². The van der Waals surface area contributed by atoms with Crippen LogP contribution in [0.2, 0.25) is 0 Å². The minimum absolute atomic E-state index is 0.00982. The molecule has 4 nitrogen and oxygen atoms in total. The van der Waals surface area contributed by atoms with Gasteiger partial charge >= 0.3 is 0 Å². The normalized spacial score (nSPS) is 15.6. The molecule has 0 aliphatic heterocycles. The summed E-state index contributed by atoms with van der Waals surface area (Å²) in [7, 11) is 1.63. The van der Waals surface area contributed by atoms with E-state index in [1.165, 1.54) is 18.2 Å². The number of hydrogen-bond acceptors (Lipinski definition) is 3. The van der Waals surface area contributed by atoms with Crippen LogP contribution < -0.4 is 11.1 Å². The van der Waals surface area contributed by atoms with Crippen LogP contribution in [-0.2, 0) is 4.74 Å². The molecular weight excluding hydrogens is 271 g/mol. The van der Waals surface area contributed by atoms with E-state index < -0.39 is 11.7 Å². The van der Waals surface area contributed by atoms with Crippen molar-refractivity contribution >= 4 is 5.91 Å². The van der Waals surface area contributed by atoms with Crippen molar-refractivity contribution in [2.75, 3.05) is 20.2 Å². The first-order valence-electron chi connectivity index (χ1n) is 6.92. The Hall–Kier alpha value is -1.90. The van der Waals surface area contributed by atoms with Gasteiger partial charge in [0.25, 0.3) is 5.91 Å². The Morgan fingerprint density at radius 3 is 2.86 bits per heavy atom.